The van der Waals surface area contributed by atoms with E-state index in [4.69, 9.17) is 17.3 Å². The van der Waals surface area contributed by atoms with E-state index in [0.29, 0.717) is 29.0 Å². The number of rotatable bonds is 8. The van der Waals surface area contributed by atoms with E-state index in [1.807, 2.05) is 24.3 Å². The molecule has 36 heavy (non-hydrogen) atoms. The van der Waals surface area contributed by atoms with Crippen LogP contribution in [0.4, 0.5) is 5.95 Å². The molecule has 0 spiro atoms. The summed E-state index contributed by atoms with van der Waals surface area (Å²) in [5.74, 6) is -0.0104. The van der Waals surface area contributed by atoms with Crippen LogP contribution in [0.5, 0.6) is 0 Å². The first kappa shape index (κ1) is 25.0. The number of aromatic nitrogens is 3. The number of benzene rings is 1. The van der Waals surface area contributed by atoms with Crippen LogP contribution in [-0.4, -0.2) is 45.4 Å². The summed E-state index contributed by atoms with van der Waals surface area (Å²) < 4.78 is 29.5. The van der Waals surface area contributed by atoms with Crippen LogP contribution in [-0.2, 0) is 15.6 Å². The van der Waals surface area contributed by atoms with Gasteiger partial charge in [0.05, 0.1) is 40.5 Å². The number of fused-ring (bicyclic) bond motifs is 1. The Morgan fingerprint density at radius 2 is 2.06 bits per heavy atom. The molecule has 12 heteroatoms. The van der Waals surface area contributed by atoms with Crippen LogP contribution >= 0.6 is 22.9 Å². The third kappa shape index (κ3) is 4.82. The molecule has 1 aliphatic rings. The third-order valence-corrected chi connectivity index (χ3v) is 9.58. The highest BCUT2D eigenvalue weighted by Crippen LogP contribution is 2.41. The average molecular weight is 546 g/mol. The highest BCUT2D eigenvalue weighted by Gasteiger charge is 2.38. The maximum Gasteiger partial charge on any atom is 0.220 e. The van der Waals surface area contributed by atoms with Gasteiger partial charge >= 0.3 is 0 Å². The Labute approximate surface area is 217 Å². The third-order valence-electron chi connectivity index (χ3n) is 6.12. The molecule has 0 amide bonds. The van der Waals surface area contributed by atoms with Gasteiger partial charge in [0.15, 0.2) is 0 Å². The van der Waals surface area contributed by atoms with Crippen LogP contribution in [0.25, 0.3) is 21.3 Å². The number of sulfonamides is 1. The van der Waals surface area contributed by atoms with Gasteiger partial charge in [0.25, 0.3) is 0 Å². The molecule has 2 atom stereocenters. The zero-order valence-electron chi connectivity index (χ0n) is 19.2. The van der Waals surface area contributed by atoms with Crippen molar-refractivity contribution in [2.24, 2.45) is 0 Å². The van der Waals surface area contributed by atoms with E-state index in [1.165, 1.54) is 24.5 Å². The first-order valence-corrected chi connectivity index (χ1v) is 13.9. The van der Waals surface area contributed by atoms with Gasteiger partial charge in [-0.1, -0.05) is 29.8 Å². The number of thiophene rings is 1. The lowest BCUT2D eigenvalue weighted by atomic mass is 9.96. The Balaban J connectivity index is 1.64. The smallest absolute Gasteiger partial charge is 0.220 e. The normalized spacial score (nSPS) is 16.7. The summed E-state index contributed by atoms with van der Waals surface area (Å²) in [5.41, 5.74) is 6.62. The number of anilines is 1. The van der Waals surface area contributed by atoms with Crippen molar-refractivity contribution in [1.82, 2.24) is 19.7 Å². The van der Waals surface area contributed by atoms with Gasteiger partial charge in [-0.05, 0) is 48.9 Å². The molecule has 3 heterocycles. The Hall–Kier alpha value is -2.67. The van der Waals surface area contributed by atoms with Gasteiger partial charge in [-0.15, -0.1) is 11.3 Å². The maximum absolute atomic E-state index is 12.9. The molecule has 3 aromatic heterocycles. The Morgan fingerprint density at radius 1 is 1.28 bits per heavy atom. The predicted octanol–water partition coefficient (Wildman–Crippen LogP) is 3.36. The van der Waals surface area contributed by atoms with E-state index in [0.717, 1.165) is 15.6 Å². The summed E-state index contributed by atoms with van der Waals surface area (Å²) in [5, 5.41) is 20.7. The van der Waals surface area contributed by atoms with Gasteiger partial charge < -0.3 is 15.9 Å². The first-order chi connectivity index (χ1) is 17.1. The Bertz CT molecular complexity index is 1550. The van der Waals surface area contributed by atoms with Crippen LogP contribution < -0.4 is 10.5 Å². The van der Waals surface area contributed by atoms with E-state index in [2.05, 4.69) is 19.7 Å². The van der Waals surface area contributed by atoms with Crippen LogP contribution in [0.2, 0.25) is 5.02 Å². The summed E-state index contributed by atoms with van der Waals surface area (Å²) in [7, 11) is -3.60. The number of nitrogens with zero attached hydrogens (tertiary/aromatic N) is 3. The molecule has 5 rings (SSSR count). The van der Waals surface area contributed by atoms with Crippen molar-refractivity contribution in [2.75, 3.05) is 12.3 Å². The van der Waals surface area contributed by atoms with E-state index < -0.39 is 33.5 Å². The number of nitrogens with two attached hydrogens (primary N) is 1. The van der Waals surface area contributed by atoms with Crippen LogP contribution in [0.15, 0.2) is 48.8 Å². The second-order valence-corrected chi connectivity index (χ2v) is 12.5. The van der Waals surface area contributed by atoms with Gasteiger partial charge in [-0.3, -0.25) is 4.98 Å². The van der Waals surface area contributed by atoms with Crippen molar-refractivity contribution in [2.45, 2.75) is 36.7 Å². The Kier molecular flexibility index (Phi) is 6.48. The minimum absolute atomic E-state index is 0.0104. The second kappa shape index (κ2) is 9.33. The van der Waals surface area contributed by atoms with Crippen molar-refractivity contribution in [3.05, 3.63) is 69.9 Å². The molecule has 0 aliphatic heterocycles. The number of hydrogen-bond acceptors (Lipinski definition) is 9. The molecule has 1 aromatic carbocycles. The number of nitrogens with one attached hydrogen (secondary N) is 1. The molecule has 5 N–H and O–H groups in total. The summed E-state index contributed by atoms with van der Waals surface area (Å²) in [6.45, 7) is 1.10. The zero-order valence-corrected chi connectivity index (χ0v) is 21.6. The number of aliphatic hydroxyl groups excluding tert-OH is 1. The minimum atomic E-state index is -3.60. The standard InChI is InChI=1S/C24H24ClN5O4S2/c1-24(32,12-31)14-7-8-27-18(10-14)16-4-2-3-13-9-19(35-22(13)16)21(30-36(33,34)15-5-6-15)20-17(25)11-28-23(26)29-20/h2-4,7-11,15,21,30-32H,5-6,12H2,1H3,(H2,26,28,29)/t21-,24-/m0/s1. The Morgan fingerprint density at radius 3 is 2.78 bits per heavy atom. The number of aliphatic hydroxyl groups is 2. The maximum atomic E-state index is 12.9. The summed E-state index contributed by atoms with van der Waals surface area (Å²) in [6, 6.07) is 10.1. The zero-order chi connectivity index (χ0) is 25.7. The van der Waals surface area contributed by atoms with E-state index in [1.54, 1.807) is 18.3 Å². The lowest BCUT2D eigenvalue weighted by molar-refractivity contribution is -0.00230. The lowest BCUT2D eigenvalue weighted by Crippen LogP contribution is -2.32. The van der Waals surface area contributed by atoms with Gasteiger partial charge in [-0.25, -0.2) is 23.1 Å². The first-order valence-electron chi connectivity index (χ1n) is 11.2. The van der Waals surface area contributed by atoms with Crippen molar-refractivity contribution in [3.8, 4) is 11.3 Å². The van der Waals surface area contributed by atoms with Gasteiger partial charge in [0.1, 0.15) is 5.60 Å². The molecule has 0 saturated heterocycles. The highest BCUT2D eigenvalue weighted by molar-refractivity contribution is 7.90. The minimum Gasteiger partial charge on any atom is -0.393 e. The number of nitrogen functional groups attached to an aromatic ring is 1. The molecule has 4 aromatic rings. The molecule has 0 bridgehead atoms. The van der Waals surface area contributed by atoms with Gasteiger partial charge in [-0.2, -0.15) is 0 Å². The second-order valence-electron chi connectivity index (χ2n) is 8.99. The summed E-state index contributed by atoms with van der Waals surface area (Å²) in [6.07, 6.45) is 4.16. The largest absolute Gasteiger partial charge is 0.393 e. The highest BCUT2D eigenvalue weighted by atomic mass is 35.5. The molecule has 0 radical (unpaired) electrons. The van der Waals surface area contributed by atoms with E-state index in [-0.39, 0.29) is 16.7 Å². The van der Waals surface area contributed by atoms with Crippen molar-refractivity contribution in [3.63, 3.8) is 0 Å². The fourth-order valence-corrected chi connectivity index (χ4v) is 6.94. The van der Waals surface area contributed by atoms with Gasteiger partial charge in [0, 0.05) is 21.3 Å². The van der Waals surface area contributed by atoms with E-state index in [9.17, 15) is 18.6 Å². The fraction of sp³-hybridized carbons (Fsp3) is 0.292. The van der Waals surface area contributed by atoms with Crippen LogP contribution in [0.3, 0.4) is 0 Å². The average Bonchev–Trinajstić information content (AvgIpc) is 3.64. The predicted molar refractivity (Wildman–Crippen MR) is 140 cm³/mol. The number of pyridine rings is 1. The van der Waals surface area contributed by atoms with Gasteiger partial charge in [0.2, 0.25) is 16.0 Å². The molecule has 1 fully saturated rings. The molecule has 1 aliphatic carbocycles. The summed E-state index contributed by atoms with van der Waals surface area (Å²) in [4.78, 5) is 13.3. The molecule has 0 unspecified atom stereocenters. The van der Waals surface area contributed by atoms with Crippen LogP contribution in [0.1, 0.15) is 41.9 Å². The van der Waals surface area contributed by atoms with Crippen molar-refractivity contribution >= 4 is 49.0 Å². The molecule has 9 nitrogen and oxygen atoms in total. The summed E-state index contributed by atoms with van der Waals surface area (Å²) >= 11 is 7.79. The van der Waals surface area contributed by atoms with Crippen molar-refractivity contribution < 1.29 is 18.6 Å². The number of halogens is 1. The molecule has 188 valence electrons. The quantitative estimate of drug-likeness (QED) is 0.263. The fourth-order valence-electron chi connectivity index (χ4n) is 3.92. The molecular formula is C24H24ClN5O4S2. The molecular weight excluding hydrogens is 522 g/mol. The number of hydrogen-bond donors (Lipinski definition) is 4. The van der Waals surface area contributed by atoms with E-state index >= 15 is 0 Å². The SMILES string of the molecule is C[C@](O)(CO)c1ccnc(-c2cccc3cc([C@H](NS(=O)(=O)C4CC4)c4nc(N)ncc4Cl)sc23)c1. The monoisotopic (exact) mass is 545 g/mol. The van der Waals surface area contributed by atoms with Crippen molar-refractivity contribution in [1.29, 1.82) is 0 Å². The van der Waals surface area contributed by atoms with Crippen LogP contribution in [0, 0.1) is 0 Å². The lowest BCUT2D eigenvalue weighted by Gasteiger charge is -2.21. The topological polar surface area (TPSA) is 151 Å². The molecule has 1 saturated carbocycles.